The van der Waals surface area contributed by atoms with Crippen LogP contribution in [-0.4, -0.2) is 40.6 Å². The van der Waals surface area contributed by atoms with Gasteiger partial charge in [-0.1, -0.05) is 22.0 Å². The van der Waals surface area contributed by atoms with E-state index in [0.717, 1.165) is 35.3 Å². The Bertz CT molecular complexity index is 361. The van der Waals surface area contributed by atoms with Gasteiger partial charge in [0.2, 0.25) is 0 Å². The molecule has 0 fully saturated rings. The van der Waals surface area contributed by atoms with Crippen molar-refractivity contribution in [1.82, 2.24) is 0 Å². The van der Waals surface area contributed by atoms with Gasteiger partial charge in [0, 0.05) is 43.1 Å². The lowest BCUT2D eigenvalue weighted by Gasteiger charge is -2.13. The highest BCUT2D eigenvalue weighted by Gasteiger charge is 2.05. The van der Waals surface area contributed by atoms with Gasteiger partial charge in [-0.05, 0) is 18.6 Å². The second-order valence-corrected chi connectivity index (χ2v) is 4.94. The van der Waals surface area contributed by atoms with Crippen LogP contribution in [0.3, 0.4) is 0 Å². The molecule has 0 saturated carbocycles. The molecule has 0 aromatic heterocycles. The maximum absolute atomic E-state index is 5.41. The molecule has 0 saturated heterocycles. The summed E-state index contributed by atoms with van der Waals surface area (Å²) in [7, 11) is 3.38. The number of anilines is 1. The summed E-state index contributed by atoms with van der Waals surface area (Å²) in [5, 5.41) is 3.41. The highest BCUT2D eigenvalue weighted by molar-refractivity contribution is 9.10. The Balaban J connectivity index is 2.30. The van der Waals surface area contributed by atoms with E-state index in [1.165, 1.54) is 0 Å². The molecule has 0 aliphatic heterocycles. The molecule has 0 spiro atoms. The molecule has 0 aliphatic rings. The summed E-state index contributed by atoms with van der Waals surface area (Å²) in [6, 6.07) is 6.10. The SMILES string of the molecule is COCCOCCCNc1cccc(Br)c1COC. The van der Waals surface area contributed by atoms with E-state index in [1.54, 1.807) is 14.2 Å². The fraction of sp³-hybridized carbons (Fsp3) is 0.571. The molecule has 0 amide bonds. The standard InChI is InChI=1S/C14H22BrNO3/c1-17-9-10-19-8-4-7-16-14-6-3-5-13(15)12(14)11-18-2/h3,5-6,16H,4,7-11H2,1-2H3. The van der Waals surface area contributed by atoms with E-state index >= 15 is 0 Å². The number of hydrogen-bond donors (Lipinski definition) is 1. The third-order valence-corrected chi connectivity index (χ3v) is 3.36. The van der Waals surface area contributed by atoms with Crippen LogP contribution in [0.2, 0.25) is 0 Å². The largest absolute Gasteiger partial charge is 0.385 e. The van der Waals surface area contributed by atoms with Crippen molar-refractivity contribution < 1.29 is 14.2 Å². The first-order valence-corrected chi connectivity index (χ1v) is 7.15. The van der Waals surface area contributed by atoms with E-state index in [0.29, 0.717) is 19.8 Å². The summed E-state index contributed by atoms with van der Waals surface area (Å²) in [6.45, 7) is 3.51. The molecule has 0 radical (unpaired) electrons. The smallest absolute Gasteiger partial charge is 0.0744 e. The number of halogens is 1. The number of rotatable bonds is 10. The molecule has 108 valence electrons. The van der Waals surface area contributed by atoms with Crippen LogP contribution in [0.4, 0.5) is 5.69 Å². The van der Waals surface area contributed by atoms with E-state index in [1.807, 2.05) is 12.1 Å². The second kappa shape index (κ2) is 10.2. The Morgan fingerprint density at radius 3 is 2.68 bits per heavy atom. The van der Waals surface area contributed by atoms with Crippen LogP contribution in [0.1, 0.15) is 12.0 Å². The van der Waals surface area contributed by atoms with E-state index in [2.05, 4.69) is 27.3 Å². The Morgan fingerprint density at radius 1 is 1.11 bits per heavy atom. The van der Waals surface area contributed by atoms with E-state index in [-0.39, 0.29) is 0 Å². The fourth-order valence-corrected chi connectivity index (χ4v) is 2.14. The molecule has 1 aromatic rings. The number of benzene rings is 1. The molecule has 0 heterocycles. The van der Waals surface area contributed by atoms with Crippen molar-refractivity contribution in [3.8, 4) is 0 Å². The van der Waals surface area contributed by atoms with Crippen LogP contribution in [-0.2, 0) is 20.8 Å². The number of ether oxygens (including phenoxy) is 3. The third kappa shape index (κ3) is 6.38. The lowest BCUT2D eigenvalue weighted by Crippen LogP contribution is -2.09. The summed E-state index contributed by atoms with van der Waals surface area (Å²) in [6.07, 6.45) is 0.961. The Kier molecular flexibility index (Phi) is 8.82. The molecule has 0 bridgehead atoms. The predicted octanol–water partition coefficient (Wildman–Crippen LogP) is 3.06. The molecule has 19 heavy (non-hydrogen) atoms. The number of nitrogens with one attached hydrogen (secondary N) is 1. The van der Waals surface area contributed by atoms with Gasteiger partial charge in [0.1, 0.15) is 0 Å². The van der Waals surface area contributed by atoms with E-state index in [9.17, 15) is 0 Å². The van der Waals surface area contributed by atoms with Gasteiger partial charge in [-0.15, -0.1) is 0 Å². The van der Waals surface area contributed by atoms with Crippen molar-refractivity contribution in [2.75, 3.05) is 45.9 Å². The molecular formula is C14H22BrNO3. The van der Waals surface area contributed by atoms with E-state index in [4.69, 9.17) is 14.2 Å². The summed E-state index contributed by atoms with van der Waals surface area (Å²) in [4.78, 5) is 0. The van der Waals surface area contributed by atoms with Gasteiger partial charge >= 0.3 is 0 Å². The van der Waals surface area contributed by atoms with Gasteiger partial charge in [0.25, 0.3) is 0 Å². The Morgan fingerprint density at radius 2 is 1.95 bits per heavy atom. The molecule has 1 aromatic carbocycles. The fourth-order valence-electron chi connectivity index (χ4n) is 1.66. The number of methoxy groups -OCH3 is 2. The summed E-state index contributed by atoms with van der Waals surface area (Å²) in [5.74, 6) is 0. The average molecular weight is 332 g/mol. The van der Waals surface area contributed by atoms with Crippen molar-refractivity contribution >= 4 is 21.6 Å². The molecule has 5 heteroatoms. The topological polar surface area (TPSA) is 39.7 Å². The Hall–Kier alpha value is -0.620. The Labute approximate surface area is 123 Å². The van der Waals surface area contributed by atoms with Gasteiger partial charge in [0.15, 0.2) is 0 Å². The maximum atomic E-state index is 5.41. The van der Waals surface area contributed by atoms with Crippen molar-refractivity contribution in [2.24, 2.45) is 0 Å². The first-order chi connectivity index (χ1) is 9.29. The first kappa shape index (κ1) is 16.4. The maximum Gasteiger partial charge on any atom is 0.0744 e. The summed E-state index contributed by atoms with van der Waals surface area (Å²) < 4.78 is 16.6. The van der Waals surface area contributed by atoms with Gasteiger partial charge < -0.3 is 19.5 Å². The van der Waals surface area contributed by atoms with Gasteiger partial charge in [0.05, 0.1) is 19.8 Å². The highest BCUT2D eigenvalue weighted by Crippen LogP contribution is 2.25. The zero-order valence-corrected chi connectivity index (χ0v) is 13.2. The molecule has 0 aliphatic carbocycles. The molecule has 0 unspecified atom stereocenters. The minimum atomic E-state index is 0.591. The third-order valence-electron chi connectivity index (χ3n) is 2.62. The minimum Gasteiger partial charge on any atom is -0.385 e. The highest BCUT2D eigenvalue weighted by atomic mass is 79.9. The lowest BCUT2D eigenvalue weighted by atomic mass is 10.2. The number of hydrogen-bond acceptors (Lipinski definition) is 4. The first-order valence-electron chi connectivity index (χ1n) is 6.36. The lowest BCUT2D eigenvalue weighted by molar-refractivity contribution is 0.0705. The molecule has 4 nitrogen and oxygen atoms in total. The second-order valence-electron chi connectivity index (χ2n) is 4.08. The molecule has 1 N–H and O–H groups in total. The molecular weight excluding hydrogens is 310 g/mol. The summed E-state index contributed by atoms with van der Waals surface area (Å²) >= 11 is 3.54. The van der Waals surface area contributed by atoms with Gasteiger partial charge in [-0.25, -0.2) is 0 Å². The zero-order valence-electron chi connectivity index (χ0n) is 11.6. The quantitative estimate of drug-likeness (QED) is 0.669. The van der Waals surface area contributed by atoms with Crippen molar-refractivity contribution in [3.05, 3.63) is 28.2 Å². The van der Waals surface area contributed by atoms with Crippen LogP contribution in [0, 0.1) is 0 Å². The molecule has 1 rings (SSSR count). The molecule has 0 atom stereocenters. The monoisotopic (exact) mass is 331 g/mol. The van der Waals surface area contributed by atoms with Crippen molar-refractivity contribution in [3.63, 3.8) is 0 Å². The summed E-state index contributed by atoms with van der Waals surface area (Å²) in [5.41, 5.74) is 2.25. The van der Waals surface area contributed by atoms with Crippen LogP contribution in [0.15, 0.2) is 22.7 Å². The predicted molar refractivity (Wildman–Crippen MR) is 80.7 cm³/mol. The van der Waals surface area contributed by atoms with Crippen LogP contribution in [0.5, 0.6) is 0 Å². The van der Waals surface area contributed by atoms with E-state index < -0.39 is 0 Å². The van der Waals surface area contributed by atoms with Crippen molar-refractivity contribution in [1.29, 1.82) is 0 Å². The zero-order chi connectivity index (χ0) is 13.9. The van der Waals surface area contributed by atoms with Crippen LogP contribution in [0.25, 0.3) is 0 Å². The normalized spacial score (nSPS) is 10.7. The average Bonchev–Trinajstić information content (AvgIpc) is 2.41. The van der Waals surface area contributed by atoms with Gasteiger partial charge in [-0.3, -0.25) is 0 Å². The van der Waals surface area contributed by atoms with Gasteiger partial charge in [-0.2, -0.15) is 0 Å². The van der Waals surface area contributed by atoms with Crippen molar-refractivity contribution in [2.45, 2.75) is 13.0 Å². The minimum absolute atomic E-state index is 0.591. The van der Waals surface area contributed by atoms with Crippen LogP contribution < -0.4 is 5.32 Å². The van der Waals surface area contributed by atoms with Crippen LogP contribution >= 0.6 is 15.9 Å².